The molecule has 20 heavy (non-hydrogen) atoms. The molecular formula is C14H17NO5. The van der Waals surface area contributed by atoms with Crippen LogP contribution in [0.3, 0.4) is 0 Å². The highest BCUT2D eigenvalue weighted by Gasteiger charge is 2.40. The van der Waals surface area contributed by atoms with Crippen molar-refractivity contribution in [3.05, 3.63) is 29.8 Å². The van der Waals surface area contributed by atoms with Crippen molar-refractivity contribution >= 4 is 11.9 Å². The van der Waals surface area contributed by atoms with Gasteiger partial charge in [0.2, 0.25) is 0 Å². The van der Waals surface area contributed by atoms with Crippen molar-refractivity contribution in [3.8, 4) is 5.75 Å². The minimum absolute atomic E-state index is 0.255. The van der Waals surface area contributed by atoms with Crippen LogP contribution in [0.4, 0.5) is 0 Å². The summed E-state index contributed by atoms with van der Waals surface area (Å²) in [5.74, 6) is -0.940. The van der Waals surface area contributed by atoms with Gasteiger partial charge in [0.1, 0.15) is 11.8 Å². The van der Waals surface area contributed by atoms with E-state index in [2.05, 4.69) is 0 Å². The maximum atomic E-state index is 12.5. The Bertz CT molecular complexity index is 516. The lowest BCUT2D eigenvalue weighted by molar-refractivity contribution is -0.141. The molecule has 1 amide bonds. The second-order valence-corrected chi connectivity index (χ2v) is 4.61. The molecule has 1 aliphatic heterocycles. The van der Waals surface area contributed by atoms with Crippen molar-refractivity contribution in [1.29, 1.82) is 0 Å². The number of ether oxygens (including phenoxy) is 2. The van der Waals surface area contributed by atoms with E-state index >= 15 is 0 Å². The van der Waals surface area contributed by atoms with Crippen molar-refractivity contribution in [2.45, 2.75) is 18.6 Å². The zero-order valence-corrected chi connectivity index (χ0v) is 11.4. The molecule has 0 spiro atoms. The molecular weight excluding hydrogens is 262 g/mol. The fourth-order valence-corrected chi connectivity index (χ4v) is 2.40. The summed E-state index contributed by atoms with van der Waals surface area (Å²) in [6.45, 7) is 0.268. The number of hydrogen-bond acceptors (Lipinski definition) is 4. The zero-order chi connectivity index (χ0) is 14.7. The zero-order valence-electron chi connectivity index (χ0n) is 11.4. The summed E-state index contributed by atoms with van der Waals surface area (Å²) in [6, 6.07) is 5.91. The summed E-state index contributed by atoms with van der Waals surface area (Å²) in [5, 5.41) is 9.24. The van der Waals surface area contributed by atoms with E-state index in [9.17, 15) is 14.7 Å². The van der Waals surface area contributed by atoms with E-state index in [0.29, 0.717) is 17.7 Å². The Morgan fingerprint density at radius 3 is 2.60 bits per heavy atom. The minimum atomic E-state index is -1.02. The van der Waals surface area contributed by atoms with Crippen molar-refractivity contribution in [3.63, 3.8) is 0 Å². The summed E-state index contributed by atoms with van der Waals surface area (Å²) < 4.78 is 10.3. The first kappa shape index (κ1) is 14.3. The van der Waals surface area contributed by atoms with Crippen LogP contribution in [0.15, 0.2) is 24.3 Å². The molecule has 0 radical (unpaired) electrons. The van der Waals surface area contributed by atoms with Crippen LogP contribution in [0.25, 0.3) is 0 Å². The third-order valence-electron chi connectivity index (χ3n) is 3.48. The van der Waals surface area contributed by atoms with Gasteiger partial charge in [0.25, 0.3) is 5.91 Å². The first-order chi connectivity index (χ1) is 9.58. The number of amides is 1. The van der Waals surface area contributed by atoms with Gasteiger partial charge in [0.15, 0.2) is 0 Å². The molecule has 6 nitrogen and oxygen atoms in total. The topological polar surface area (TPSA) is 76.1 Å². The Balaban J connectivity index is 2.29. The van der Waals surface area contributed by atoms with Crippen molar-refractivity contribution in [1.82, 2.24) is 4.90 Å². The Hall–Kier alpha value is -2.08. The van der Waals surface area contributed by atoms with E-state index in [1.165, 1.54) is 19.1 Å². The quantitative estimate of drug-likeness (QED) is 0.890. The summed E-state index contributed by atoms with van der Waals surface area (Å²) in [5.41, 5.74) is 0.359. The molecule has 2 unspecified atom stereocenters. The molecule has 1 aromatic carbocycles. The molecule has 6 heteroatoms. The van der Waals surface area contributed by atoms with Crippen LogP contribution in [0.5, 0.6) is 5.75 Å². The van der Waals surface area contributed by atoms with Crippen LogP contribution >= 0.6 is 0 Å². The number of benzene rings is 1. The van der Waals surface area contributed by atoms with E-state index in [1.54, 1.807) is 24.3 Å². The van der Waals surface area contributed by atoms with Crippen LogP contribution < -0.4 is 4.74 Å². The van der Waals surface area contributed by atoms with Gasteiger partial charge in [-0.1, -0.05) is 12.1 Å². The first-order valence-corrected chi connectivity index (χ1v) is 6.28. The molecule has 0 aliphatic carbocycles. The van der Waals surface area contributed by atoms with Crippen molar-refractivity contribution in [2.24, 2.45) is 0 Å². The molecule has 0 saturated carbocycles. The summed E-state index contributed by atoms with van der Waals surface area (Å²) >= 11 is 0. The number of carboxylic acids is 1. The number of aliphatic carboxylic acids is 1. The number of nitrogens with zero attached hydrogens (tertiary/aromatic N) is 1. The summed E-state index contributed by atoms with van der Waals surface area (Å²) in [4.78, 5) is 25.1. The lowest BCUT2D eigenvalue weighted by atomic mass is 10.1. The number of methoxy groups -OCH3 is 2. The smallest absolute Gasteiger partial charge is 0.326 e. The van der Waals surface area contributed by atoms with Gasteiger partial charge in [-0.2, -0.15) is 0 Å². The van der Waals surface area contributed by atoms with Gasteiger partial charge in [0.05, 0.1) is 18.8 Å². The lowest BCUT2D eigenvalue weighted by Crippen LogP contribution is -2.40. The van der Waals surface area contributed by atoms with E-state index in [0.717, 1.165) is 0 Å². The molecule has 2 rings (SSSR count). The summed E-state index contributed by atoms with van der Waals surface area (Å²) in [7, 11) is 2.99. The maximum absolute atomic E-state index is 12.5. The molecule has 1 aliphatic rings. The molecule has 1 fully saturated rings. The van der Waals surface area contributed by atoms with Gasteiger partial charge < -0.3 is 19.5 Å². The van der Waals surface area contributed by atoms with Gasteiger partial charge in [-0.3, -0.25) is 4.79 Å². The molecule has 108 valence electrons. The van der Waals surface area contributed by atoms with E-state index < -0.39 is 12.0 Å². The predicted molar refractivity (Wildman–Crippen MR) is 70.9 cm³/mol. The lowest BCUT2D eigenvalue weighted by Gasteiger charge is -2.22. The van der Waals surface area contributed by atoms with Crippen LogP contribution in [0.1, 0.15) is 16.8 Å². The highest BCUT2D eigenvalue weighted by atomic mass is 16.5. The maximum Gasteiger partial charge on any atom is 0.326 e. The first-order valence-electron chi connectivity index (χ1n) is 6.28. The molecule has 1 N–H and O–H groups in total. The molecule has 1 heterocycles. The Kier molecular flexibility index (Phi) is 4.24. The van der Waals surface area contributed by atoms with E-state index in [-0.39, 0.29) is 18.6 Å². The fourth-order valence-electron chi connectivity index (χ4n) is 2.40. The number of rotatable bonds is 4. The molecule has 1 aromatic rings. The van der Waals surface area contributed by atoms with E-state index in [1.807, 2.05) is 0 Å². The molecule has 2 atom stereocenters. The normalized spacial score (nSPS) is 21.8. The Labute approximate surface area is 116 Å². The number of carbonyl (C=O) groups is 2. The van der Waals surface area contributed by atoms with Crippen molar-refractivity contribution in [2.75, 3.05) is 20.8 Å². The van der Waals surface area contributed by atoms with Crippen LogP contribution in [0, 0.1) is 0 Å². The number of carboxylic acid groups (broad SMARTS) is 1. The number of likely N-dealkylation sites (tertiary alicyclic amines) is 1. The average Bonchev–Trinajstić information content (AvgIpc) is 2.91. The van der Waals surface area contributed by atoms with Crippen LogP contribution in [0.2, 0.25) is 0 Å². The summed E-state index contributed by atoms with van der Waals surface area (Å²) in [6.07, 6.45) is 0.0435. The standard InChI is InChI=1S/C14H17NO5/c1-19-9-7-11(14(17)18)15(8-9)13(16)10-5-3-4-6-12(10)20-2/h3-6,9,11H,7-8H2,1-2H3,(H,17,18). The SMILES string of the molecule is COc1ccccc1C(=O)N1CC(OC)CC1C(=O)O. The predicted octanol–water partition coefficient (Wildman–Crippen LogP) is 1.01. The average molecular weight is 279 g/mol. The molecule has 0 bridgehead atoms. The molecule has 1 saturated heterocycles. The Morgan fingerprint density at radius 1 is 1.30 bits per heavy atom. The number of hydrogen-bond donors (Lipinski definition) is 1. The van der Waals surface area contributed by atoms with Crippen LogP contribution in [-0.2, 0) is 9.53 Å². The number of carbonyl (C=O) groups excluding carboxylic acids is 1. The van der Waals surface area contributed by atoms with Gasteiger partial charge in [-0.25, -0.2) is 4.79 Å². The third kappa shape index (κ3) is 2.60. The van der Waals surface area contributed by atoms with E-state index in [4.69, 9.17) is 9.47 Å². The fraction of sp³-hybridized carbons (Fsp3) is 0.429. The third-order valence-corrected chi connectivity index (χ3v) is 3.48. The molecule has 0 aromatic heterocycles. The van der Waals surface area contributed by atoms with Gasteiger partial charge in [-0.15, -0.1) is 0 Å². The second-order valence-electron chi connectivity index (χ2n) is 4.61. The second kappa shape index (κ2) is 5.92. The largest absolute Gasteiger partial charge is 0.496 e. The monoisotopic (exact) mass is 279 g/mol. The highest BCUT2D eigenvalue weighted by Crippen LogP contribution is 2.26. The number of para-hydroxylation sites is 1. The Morgan fingerprint density at radius 2 is 2.00 bits per heavy atom. The van der Waals surface area contributed by atoms with Gasteiger partial charge in [0, 0.05) is 20.1 Å². The van der Waals surface area contributed by atoms with Crippen LogP contribution in [-0.4, -0.2) is 54.8 Å². The van der Waals surface area contributed by atoms with Crippen molar-refractivity contribution < 1.29 is 24.2 Å². The minimum Gasteiger partial charge on any atom is -0.496 e. The van der Waals surface area contributed by atoms with Gasteiger partial charge >= 0.3 is 5.97 Å². The highest BCUT2D eigenvalue weighted by molar-refractivity contribution is 5.99. The van der Waals surface area contributed by atoms with Gasteiger partial charge in [-0.05, 0) is 12.1 Å².